The van der Waals surface area contributed by atoms with Gasteiger partial charge in [-0.05, 0) is 50.4 Å². The third kappa shape index (κ3) is 4.55. The maximum Gasteiger partial charge on any atom is 0.0446 e. The molecule has 1 aliphatic rings. The molecule has 21 heavy (non-hydrogen) atoms. The minimum atomic E-state index is 0.429. The molecular formula is C19H32N2. The van der Waals surface area contributed by atoms with Crippen molar-refractivity contribution in [3.63, 3.8) is 0 Å². The lowest BCUT2D eigenvalue weighted by Gasteiger charge is -2.36. The number of likely N-dealkylation sites (N-methyl/N-ethyl adjacent to an activating group) is 2. The highest BCUT2D eigenvalue weighted by Gasteiger charge is 2.24. The molecule has 0 saturated heterocycles. The molecule has 1 aromatic rings. The summed E-state index contributed by atoms with van der Waals surface area (Å²) in [6, 6.07) is 10.3. The van der Waals surface area contributed by atoms with E-state index in [0.717, 1.165) is 24.9 Å². The van der Waals surface area contributed by atoms with Crippen LogP contribution in [0, 0.1) is 5.92 Å². The second-order valence-electron chi connectivity index (χ2n) is 6.80. The van der Waals surface area contributed by atoms with E-state index in [4.69, 9.17) is 0 Å². The Labute approximate surface area is 130 Å². The number of nitrogens with zero attached hydrogens (tertiary/aromatic N) is 1. The van der Waals surface area contributed by atoms with Gasteiger partial charge in [0.1, 0.15) is 0 Å². The first kappa shape index (κ1) is 16.5. The first-order chi connectivity index (χ1) is 10.1. The van der Waals surface area contributed by atoms with Crippen molar-refractivity contribution < 1.29 is 0 Å². The molecule has 0 heterocycles. The molecule has 0 bridgehead atoms. The maximum atomic E-state index is 3.50. The number of aryl methyl sites for hydroxylation is 1. The predicted molar refractivity (Wildman–Crippen MR) is 91.7 cm³/mol. The van der Waals surface area contributed by atoms with E-state index in [0.29, 0.717) is 6.04 Å². The van der Waals surface area contributed by atoms with Crippen LogP contribution < -0.4 is 5.32 Å². The lowest BCUT2D eigenvalue weighted by molar-refractivity contribution is 0.152. The van der Waals surface area contributed by atoms with Crippen LogP contribution in [0.3, 0.4) is 0 Å². The predicted octanol–water partition coefficient (Wildman–Crippen LogP) is 4.02. The summed E-state index contributed by atoms with van der Waals surface area (Å²) >= 11 is 0. The Kier molecular flexibility index (Phi) is 6.25. The van der Waals surface area contributed by atoms with Gasteiger partial charge in [-0.1, -0.05) is 51.0 Å². The van der Waals surface area contributed by atoms with Crippen molar-refractivity contribution in [1.29, 1.82) is 0 Å². The molecule has 3 atom stereocenters. The average Bonchev–Trinajstić information content (AvgIpc) is 2.52. The van der Waals surface area contributed by atoms with Gasteiger partial charge in [0.05, 0.1) is 0 Å². The Morgan fingerprint density at radius 3 is 2.52 bits per heavy atom. The van der Waals surface area contributed by atoms with Crippen molar-refractivity contribution in [1.82, 2.24) is 10.2 Å². The van der Waals surface area contributed by atoms with E-state index in [9.17, 15) is 0 Å². The van der Waals surface area contributed by atoms with Crippen LogP contribution >= 0.6 is 0 Å². The molecule has 3 unspecified atom stereocenters. The van der Waals surface area contributed by atoms with E-state index in [-0.39, 0.29) is 0 Å². The number of hydrogen-bond acceptors (Lipinski definition) is 2. The fourth-order valence-corrected chi connectivity index (χ4v) is 3.59. The van der Waals surface area contributed by atoms with Gasteiger partial charge in [-0.15, -0.1) is 0 Å². The standard InChI is InChI=1S/C19H32N2/c1-5-16-9-11-17(12-10-16)19(20-3)14-21(4)18-8-6-7-15(2)13-18/h9-12,15,18-20H,5-8,13-14H2,1-4H3. The number of hydrogen-bond donors (Lipinski definition) is 1. The maximum absolute atomic E-state index is 3.50. The molecule has 1 aliphatic carbocycles. The van der Waals surface area contributed by atoms with Crippen molar-refractivity contribution in [2.24, 2.45) is 5.92 Å². The molecule has 0 amide bonds. The molecule has 0 radical (unpaired) electrons. The Bertz CT molecular complexity index is 412. The van der Waals surface area contributed by atoms with Crippen molar-refractivity contribution >= 4 is 0 Å². The number of rotatable bonds is 6. The Morgan fingerprint density at radius 2 is 1.95 bits per heavy atom. The van der Waals surface area contributed by atoms with Gasteiger partial charge < -0.3 is 10.2 Å². The van der Waals surface area contributed by atoms with Crippen LogP contribution in [0.5, 0.6) is 0 Å². The lowest BCUT2D eigenvalue weighted by atomic mass is 9.86. The zero-order valence-corrected chi connectivity index (χ0v) is 14.2. The fourth-order valence-electron chi connectivity index (χ4n) is 3.59. The van der Waals surface area contributed by atoms with Crippen LogP contribution in [0.2, 0.25) is 0 Å². The Balaban J connectivity index is 1.97. The highest BCUT2D eigenvalue weighted by Crippen LogP contribution is 2.27. The van der Waals surface area contributed by atoms with Gasteiger partial charge in [-0.2, -0.15) is 0 Å². The van der Waals surface area contributed by atoms with Crippen molar-refractivity contribution in [2.45, 2.75) is 58.0 Å². The van der Waals surface area contributed by atoms with Crippen molar-refractivity contribution in [3.8, 4) is 0 Å². The molecule has 1 saturated carbocycles. The summed E-state index contributed by atoms with van der Waals surface area (Å²) in [6.45, 7) is 5.71. The van der Waals surface area contributed by atoms with Gasteiger partial charge in [-0.3, -0.25) is 0 Å². The summed E-state index contributed by atoms with van der Waals surface area (Å²) < 4.78 is 0. The minimum absolute atomic E-state index is 0.429. The van der Waals surface area contributed by atoms with Gasteiger partial charge in [0.25, 0.3) is 0 Å². The normalized spacial score (nSPS) is 24.2. The second-order valence-corrected chi connectivity index (χ2v) is 6.80. The molecule has 0 aliphatic heterocycles. The van der Waals surface area contributed by atoms with Crippen LogP contribution in [-0.4, -0.2) is 31.6 Å². The van der Waals surface area contributed by atoms with Crippen molar-refractivity contribution in [2.75, 3.05) is 20.6 Å². The van der Waals surface area contributed by atoms with E-state index in [2.05, 4.69) is 62.4 Å². The van der Waals surface area contributed by atoms with Crippen molar-refractivity contribution in [3.05, 3.63) is 35.4 Å². The molecule has 2 nitrogen and oxygen atoms in total. The third-order valence-electron chi connectivity index (χ3n) is 5.14. The summed E-state index contributed by atoms with van der Waals surface area (Å²) in [5, 5.41) is 3.50. The SMILES string of the molecule is CCc1ccc(C(CN(C)C2CCCC(C)C2)NC)cc1. The minimum Gasteiger partial charge on any atom is -0.312 e. The Morgan fingerprint density at radius 1 is 1.24 bits per heavy atom. The first-order valence-electron chi connectivity index (χ1n) is 8.60. The van der Waals surface area contributed by atoms with E-state index in [1.807, 2.05) is 0 Å². The van der Waals surface area contributed by atoms with Gasteiger partial charge in [-0.25, -0.2) is 0 Å². The molecule has 118 valence electrons. The smallest absolute Gasteiger partial charge is 0.0446 e. The Hall–Kier alpha value is -0.860. The fraction of sp³-hybridized carbons (Fsp3) is 0.684. The molecule has 2 heteroatoms. The largest absolute Gasteiger partial charge is 0.312 e. The molecule has 1 aromatic carbocycles. The highest BCUT2D eigenvalue weighted by atomic mass is 15.2. The molecule has 0 aromatic heterocycles. The van der Waals surface area contributed by atoms with E-state index < -0.39 is 0 Å². The zero-order valence-electron chi connectivity index (χ0n) is 14.2. The molecule has 1 N–H and O–H groups in total. The first-order valence-corrected chi connectivity index (χ1v) is 8.60. The van der Waals surface area contributed by atoms with E-state index >= 15 is 0 Å². The van der Waals surface area contributed by atoms with Crippen LogP contribution in [0.25, 0.3) is 0 Å². The molecule has 0 spiro atoms. The van der Waals surface area contributed by atoms with E-state index in [1.165, 1.54) is 36.8 Å². The summed E-state index contributed by atoms with van der Waals surface area (Å²) in [5.41, 5.74) is 2.83. The van der Waals surface area contributed by atoms with Gasteiger partial charge >= 0.3 is 0 Å². The van der Waals surface area contributed by atoms with Gasteiger partial charge in [0.2, 0.25) is 0 Å². The van der Waals surface area contributed by atoms with Crippen LogP contribution in [-0.2, 0) is 6.42 Å². The van der Waals surface area contributed by atoms with E-state index in [1.54, 1.807) is 0 Å². The topological polar surface area (TPSA) is 15.3 Å². The lowest BCUT2D eigenvalue weighted by Crippen LogP contribution is -2.40. The molecular weight excluding hydrogens is 256 g/mol. The summed E-state index contributed by atoms with van der Waals surface area (Å²) in [6.07, 6.45) is 6.65. The van der Waals surface area contributed by atoms with Crippen LogP contribution in [0.1, 0.15) is 56.7 Å². The average molecular weight is 288 g/mol. The molecule has 1 fully saturated rings. The molecule has 2 rings (SSSR count). The second kappa shape index (κ2) is 7.95. The number of nitrogens with one attached hydrogen (secondary N) is 1. The quantitative estimate of drug-likeness (QED) is 0.850. The zero-order chi connectivity index (χ0) is 15.2. The summed E-state index contributed by atoms with van der Waals surface area (Å²) in [4.78, 5) is 2.57. The third-order valence-corrected chi connectivity index (χ3v) is 5.14. The van der Waals surface area contributed by atoms with Gasteiger partial charge in [0, 0.05) is 18.6 Å². The highest BCUT2D eigenvalue weighted by molar-refractivity contribution is 5.25. The summed E-state index contributed by atoms with van der Waals surface area (Å²) in [5.74, 6) is 0.892. The summed E-state index contributed by atoms with van der Waals surface area (Å²) in [7, 11) is 4.38. The monoisotopic (exact) mass is 288 g/mol. The van der Waals surface area contributed by atoms with Gasteiger partial charge in [0.15, 0.2) is 0 Å². The number of benzene rings is 1. The van der Waals surface area contributed by atoms with Crippen LogP contribution in [0.4, 0.5) is 0 Å². The van der Waals surface area contributed by atoms with Crippen LogP contribution in [0.15, 0.2) is 24.3 Å².